The molecule has 0 radical (unpaired) electrons. The van der Waals surface area contributed by atoms with Crippen molar-refractivity contribution in [3.63, 3.8) is 0 Å². The highest BCUT2D eigenvalue weighted by molar-refractivity contribution is 7.80. The van der Waals surface area contributed by atoms with Crippen molar-refractivity contribution in [1.29, 1.82) is 0 Å². The first kappa shape index (κ1) is 12.0. The zero-order valence-corrected chi connectivity index (χ0v) is 9.82. The Kier molecular flexibility index (Phi) is 3.42. The van der Waals surface area contributed by atoms with E-state index in [2.05, 4.69) is 17.5 Å². The molecule has 3 nitrogen and oxygen atoms in total. The third-order valence-electron chi connectivity index (χ3n) is 2.60. The van der Waals surface area contributed by atoms with Crippen molar-refractivity contribution in [3.8, 4) is 5.75 Å². The number of anilines is 1. The lowest BCUT2D eigenvalue weighted by Gasteiger charge is -2.26. The molecule has 0 amide bonds. The predicted octanol–water partition coefficient (Wildman–Crippen LogP) is 2.55. The van der Waals surface area contributed by atoms with Crippen LogP contribution in [0.2, 0.25) is 0 Å². The van der Waals surface area contributed by atoms with Crippen LogP contribution >= 0.6 is 12.2 Å². The predicted molar refractivity (Wildman–Crippen MR) is 65.0 cm³/mol. The Labute approximate surface area is 103 Å². The molecule has 0 aromatic heterocycles. The van der Waals surface area contributed by atoms with E-state index in [0.29, 0.717) is 0 Å². The maximum Gasteiger partial charge on any atom is 0.191 e. The van der Waals surface area contributed by atoms with Gasteiger partial charge in [-0.2, -0.15) is 0 Å². The van der Waals surface area contributed by atoms with Crippen LogP contribution in [0.15, 0.2) is 12.1 Å². The quantitative estimate of drug-likeness (QED) is 0.818. The third-order valence-corrected chi connectivity index (χ3v) is 2.70. The van der Waals surface area contributed by atoms with Crippen LogP contribution in [0.25, 0.3) is 0 Å². The average molecular weight is 258 g/mol. The fourth-order valence-corrected chi connectivity index (χ4v) is 1.66. The molecular formula is C11H12F2N2OS. The number of rotatable bonds is 3. The zero-order valence-electron chi connectivity index (χ0n) is 9.00. The van der Waals surface area contributed by atoms with Crippen molar-refractivity contribution in [2.24, 2.45) is 5.73 Å². The van der Waals surface area contributed by atoms with Gasteiger partial charge in [0.05, 0.1) is 6.10 Å². The fourth-order valence-electron chi connectivity index (χ4n) is 1.54. The molecule has 0 aliphatic heterocycles. The summed E-state index contributed by atoms with van der Waals surface area (Å²) in [7, 11) is 0. The molecule has 1 saturated carbocycles. The highest BCUT2D eigenvalue weighted by Crippen LogP contribution is 2.31. The second-order valence-corrected chi connectivity index (χ2v) is 4.37. The SMILES string of the molecule is NC(=S)Nc1cc(F)c(OC2CCC2)c(F)c1. The lowest BCUT2D eigenvalue weighted by atomic mass is 9.96. The van der Waals surface area contributed by atoms with Crippen LogP contribution in [-0.4, -0.2) is 11.2 Å². The van der Waals surface area contributed by atoms with Gasteiger partial charge in [-0.15, -0.1) is 0 Å². The number of ether oxygens (including phenoxy) is 1. The molecule has 0 unspecified atom stereocenters. The van der Waals surface area contributed by atoms with E-state index in [1.54, 1.807) is 0 Å². The molecule has 6 heteroatoms. The van der Waals surface area contributed by atoms with Crippen LogP contribution in [-0.2, 0) is 0 Å². The minimum absolute atomic E-state index is 0.0449. The molecule has 2 rings (SSSR count). The maximum absolute atomic E-state index is 13.6. The lowest BCUT2D eigenvalue weighted by Crippen LogP contribution is -2.25. The summed E-state index contributed by atoms with van der Waals surface area (Å²) in [5.41, 5.74) is 5.39. The summed E-state index contributed by atoms with van der Waals surface area (Å²) in [6.45, 7) is 0. The van der Waals surface area contributed by atoms with Crippen LogP contribution in [0.3, 0.4) is 0 Å². The summed E-state index contributed by atoms with van der Waals surface area (Å²) in [4.78, 5) is 0. The van der Waals surface area contributed by atoms with E-state index in [0.717, 1.165) is 31.4 Å². The van der Waals surface area contributed by atoms with Gasteiger partial charge in [0.1, 0.15) is 0 Å². The van der Waals surface area contributed by atoms with E-state index in [4.69, 9.17) is 10.5 Å². The number of nitrogens with two attached hydrogens (primary N) is 1. The van der Waals surface area contributed by atoms with Gasteiger partial charge in [0.15, 0.2) is 22.5 Å². The minimum atomic E-state index is -0.754. The molecule has 0 spiro atoms. The van der Waals surface area contributed by atoms with E-state index in [1.165, 1.54) is 0 Å². The van der Waals surface area contributed by atoms with Crippen LogP contribution in [0.4, 0.5) is 14.5 Å². The summed E-state index contributed by atoms with van der Waals surface area (Å²) in [5, 5.41) is 2.42. The molecule has 1 aliphatic rings. The van der Waals surface area contributed by atoms with Crippen molar-refractivity contribution in [2.75, 3.05) is 5.32 Å². The largest absolute Gasteiger partial charge is 0.484 e. The van der Waals surface area contributed by atoms with Gasteiger partial charge in [-0.05, 0) is 31.5 Å². The van der Waals surface area contributed by atoms with E-state index in [9.17, 15) is 8.78 Å². The molecule has 0 bridgehead atoms. The van der Waals surface area contributed by atoms with Crippen LogP contribution < -0.4 is 15.8 Å². The van der Waals surface area contributed by atoms with Gasteiger partial charge in [0.2, 0.25) is 0 Å². The monoisotopic (exact) mass is 258 g/mol. The Bertz CT molecular complexity index is 426. The Balaban J connectivity index is 2.18. The number of halogens is 2. The molecule has 1 fully saturated rings. The summed E-state index contributed by atoms with van der Waals surface area (Å²) in [5.74, 6) is -1.84. The topological polar surface area (TPSA) is 47.3 Å². The van der Waals surface area contributed by atoms with E-state index < -0.39 is 11.6 Å². The molecule has 17 heavy (non-hydrogen) atoms. The van der Waals surface area contributed by atoms with Crippen molar-refractivity contribution < 1.29 is 13.5 Å². The van der Waals surface area contributed by atoms with Crippen molar-refractivity contribution in [1.82, 2.24) is 0 Å². The molecule has 1 aromatic carbocycles. The molecule has 92 valence electrons. The second kappa shape index (κ2) is 4.83. The van der Waals surface area contributed by atoms with Gasteiger partial charge in [0.25, 0.3) is 0 Å². The summed E-state index contributed by atoms with van der Waals surface area (Å²) in [6, 6.07) is 2.21. The second-order valence-electron chi connectivity index (χ2n) is 3.93. The molecule has 0 atom stereocenters. The summed E-state index contributed by atoms with van der Waals surface area (Å²) < 4.78 is 32.4. The summed E-state index contributed by atoms with van der Waals surface area (Å²) >= 11 is 4.59. The average Bonchev–Trinajstić information content (AvgIpc) is 2.12. The van der Waals surface area contributed by atoms with Gasteiger partial charge in [0, 0.05) is 17.8 Å². The zero-order chi connectivity index (χ0) is 12.4. The standard InChI is InChI=1S/C11H12F2N2OS/c12-8-4-6(15-11(14)17)5-9(13)10(8)16-7-2-1-3-7/h4-5,7H,1-3H2,(H3,14,15,17). The van der Waals surface area contributed by atoms with Crippen molar-refractivity contribution in [3.05, 3.63) is 23.8 Å². The van der Waals surface area contributed by atoms with E-state index >= 15 is 0 Å². The molecule has 0 saturated heterocycles. The number of thiocarbonyl (C=S) groups is 1. The van der Waals surface area contributed by atoms with Gasteiger partial charge in [-0.25, -0.2) is 8.78 Å². The first-order chi connectivity index (χ1) is 8.06. The maximum atomic E-state index is 13.6. The van der Waals surface area contributed by atoms with Crippen molar-refractivity contribution >= 4 is 23.0 Å². The number of hydrogen-bond donors (Lipinski definition) is 2. The number of nitrogens with one attached hydrogen (secondary N) is 1. The van der Waals surface area contributed by atoms with Crippen LogP contribution in [0.5, 0.6) is 5.75 Å². The lowest BCUT2D eigenvalue weighted by molar-refractivity contribution is 0.109. The highest BCUT2D eigenvalue weighted by Gasteiger charge is 2.23. The number of benzene rings is 1. The first-order valence-electron chi connectivity index (χ1n) is 5.28. The first-order valence-corrected chi connectivity index (χ1v) is 5.69. The van der Waals surface area contributed by atoms with Gasteiger partial charge >= 0.3 is 0 Å². The van der Waals surface area contributed by atoms with E-state index in [-0.39, 0.29) is 22.7 Å². The van der Waals surface area contributed by atoms with Crippen LogP contribution in [0, 0.1) is 11.6 Å². The molecule has 1 aromatic rings. The summed E-state index contributed by atoms with van der Waals surface area (Å²) in [6.07, 6.45) is 2.64. The molecule has 0 heterocycles. The normalized spacial score (nSPS) is 15.2. The van der Waals surface area contributed by atoms with Crippen LogP contribution in [0.1, 0.15) is 19.3 Å². The van der Waals surface area contributed by atoms with Crippen molar-refractivity contribution in [2.45, 2.75) is 25.4 Å². The highest BCUT2D eigenvalue weighted by atomic mass is 32.1. The minimum Gasteiger partial charge on any atom is -0.484 e. The molecule has 1 aliphatic carbocycles. The molecular weight excluding hydrogens is 246 g/mol. The Morgan fingerprint density at radius 3 is 2.35 bits per heavy atom. The Morgan fingerprint density at radius 1 is 1.35 bits per heavy atom. The Hall–Kier alpha value is -1.43. The van der Waals surface area contributed by atoms with Gasteiger partial charge in [-0.3, -0.25) is 0 Å². The van der Waals surface area contributed by atoms with Gasteiger partial charge in [-0.1, -0.05) is 0 Å². The smallest absolute Gasteiger partial charge is 0.191 e. The van der Waals surface area contributed by atoms with E-state index in [1.807, 2.05) is 0 Å². The third kappa shape index (κ3) is 2.82. The Morgan fingerprint density at radius 2 is 1.94 bits per heavy atom. The van der Waals surface area contributed by atoms with Gasteiger partial charge < -0.3 is 15.8 Å². The number of hydrogen-bond acceptors (Lipinski definition) is 2. The molecule has 3 N–H and O–H groups in total. The fraction of sp³-hybridized carbons (Fsp3) is 0.364.